The third-order valence-corrected chi connectivity index (χ3v) is 3.34. The number of hydrogen-bond donors (Lipinski definition) is 2. The van der Waals surface area contributed by atoms with E-state index in [0.29, 0.717) is 0 Å². The van der Waals surface area contributed by atoms with Crippen molar-refractivity contribution in [3.63, 3.8) is 0 Å². The molecule has 0 heterocycles. The molecule has 106 valence electrons. The summed E-state index contributed by atoms with van der Waals surface area (Å²) in [4.78, 5) is 10.1. The number of carboxylic acids is 1. The van der Waals surface area contributed by atoms with Gasteiger partial charge in [-0.05, 0) is 24.3 Å². The van der Waals surface area contributed by atoms with Crippen molar-refractivity contribution in [3.05, 3.63) is 24.3 Å². The van der Waals surface area contributed by atoms with Gasteiger partial charge in [0.15, 0.2) is 0 Å². The molecule has 1 rings (SSSR count). The monoisotopic (exact) mass is 295 g/mol. The second kappa shape index (κ2) is 6.43. The first-order valence-corrected chi connectivity index (χ1v) is 6.52. The molecule has 0 atom stereocenters. The Bertz CT molecular complexity index is 529. The molecule has 0 aliphatic heterocycles. The number of hydrogen-bond acceptors (Lipinski definition) is 4. The Hall–Kier alpha value is -1.74. The van der Waals surface area contributed by atoms with Gasteiger partial charge < -0.3 is 9.84 Å². The van der Waals surface area contributed by atoms with Crippen molar-refractivity contribution >= 4 is 16.0 Å². The Morgan fingerprint density at radius 2 is 1.89 bits per heavy atom. The van der Waals surface area contributed by atoms with Gasteiger partial charge in [0.25, 0.3) is 6.43 Å². The maximum atomic E-state index is 11.9. The lowest BCUT2D eigenvalue weighted by atomic mass is 10.3. The van der Waals surface area contributed by atoms with Gasteiger partial charge in [-0.3, -0.25) is 4.79 Å². The van der Waals surface area contributed by atoms with Crippen molar-refractivity contribution in [2.45, 2.75) is 11.3 Å². The standard InChI is InChI=1S/C10H11F2NO5S/c11-9(12)6-18-7-1-3-8(4-2-7)19(16,17)13-5-10(14)15/h1-4,9,13H,5-6H2,(H,14,15). The molecule has 19 heavy (non-hydrogen) atoms. The Labute approximate surface area is 108 Å². The average molecular weight is 295 g/mol. The molecule has 9 heteroatoms. The molecule has 0 amide bonds. The van der Waals surface area contributed by atoms with Crippen LogP contribution in [0.1, 0.15) is 0 Å². The first-order valence-electron chi connectivity index (χ1n) is 5.04. The van der Waals surface area contributed by atoms with Crippen molar-refractivity contribution < 1.29 is 31.8 Å². The summed E-state index contributed by atoms with van der Waals surface area (Å²) >= 11 is 0. The third kappa shape index (κ3) is 5.18. The van der Waals surface area contributed by atoms with Crippen LogP contribution in [0.2, 0.25) is 0 Å². The van der Waals surface area contributed by atoms with Crippen molar-refractivity contribution in [2.24, 2.45) is 0 Å². The van der Waals surface area contributed by atoms with E-state index in [1.54, 1.807) is 0 Å². The van der Waals surface area contributed by atoms with Crippen molar-refractivity contribution in [1.29, 1.82) is 0 Å². The maximum Gasteiger partial charge on any atom is 0.318 e. The number of ether oxygens (including phenoxy) is 1. The molecule has 0 aromatic heterocycles. The summed E-state index contributed by atoms with van der Waals surface area (Å²) in [5.41, 5.74) is 0. The van der Waals surface area contributed by atoms with Crippen LogP contribution in [-0.2, 0) is 14.8 Å². The van der Waals surface area contributed by atoms with Crippen LogP contribution in [0.3, 0.4) is 0 Å². The normalized spacial score (nSPS) is 11.5. The van der Waals surface area contributed by atoms with E-state index in [0.717, 1.165) is 12.1 Å². The molecule has 6 nitrogen and oxygen atoms in total. The molecule has 0 unspecified atom stereocenters. The lowest BCUT2D eigenvalue weighted by molar-refractivity contribution is -0.135. The first kappa shape index (κ1) is 15.3. The molecule has 1 aromatic rings. The van der Waals surface area contributed by atoms with Gasteiger partial charge in [-0.1, -0.05) is 0 Å². The number of halogens is 2. The van der Waals surface area contributed by atoms with Gasteiger partial charge in [0, 0.05) is 0 Å². The van der Waals surface area contributed by atoms with Gasteiger partial charge in [-0.25, -0.2) is 17.2 Å². The number of carbonyl (C=O) groups is 1. The molecule has 0 saturated carbocycles. The molecule has 0 aliphatic rings. The fraction of sp³-hybridized carbons (Fsp3) is 0.300. The summed E-state index contributed by atoms with van der Waals surface area (Å²) < 4.78 is 53.4. The summed E-state index contributed by atoms with van der Waals surface area (Å²) in [7, 11) is -3.94. The van der Waals surface area contributed by atoms with Gasteiger partial charge in [-0.15, -0.1) is 0 Å². The maximum absolute atomic E-state index is 11.9. The highest BCUT2D eigenvalue weighted by Gasteiger charge is 2.15. The van der Waals surface area contributed by atoms with E-state index in [-0.39, 0.29) is 10.6 Å². The highest BCUT2D eigenvalue weighted by Crippen LogP contribution is 2.16. The molecule has 0 bridgehead atoms. The number of sulfonamides is 1. The molecular weight excluding hydrogens is 284 g/mol. The molecule has 0 fully saturated rings. The predicted molar refractivity (Wildman–Crippen MR) is 60.8 cm³/mol. The Morgan fingerprint density at radius 1 is 1.32 bits per heavy atom. The number of alkyl halides is 2. The Kier molecular flexibility index (Phi) is 5.19. The molecule has 0 radical (unpaired) electrons. The summed E-state index contributed by atoms with van der Waals surface area (Å²) in [6, 6.07) is 4.67. The number of aliphatic carboxylic acids is 1. The lowest BCUT2D eigenvalue weighted by Gasteiger charge is -2.07. The fourth-order valence-electron chi connectivity index (χ4n) is 1.11. The van der Waals surface area contributed by atoms with Crippen LogP contribution in [0.15, 0.2) is 29.2 Å². The molecule has 0 spiro atoms. The summed E-state index contributed by atoms with van der Waals surface area (Å²) in [5, 5.41) is 8.37. The highest BCUT2D eigenvalue weighted by atomic mass is 32.2. The van der Waals surface area contributed by atoms with Crippen LogP contribution in [-0.4, -0.2) is 39.1 Å². The minimum atomic E-state index is -3.94. The summed E-state index contributed by atoms with van der Waals surface area (Å²) in [6.07, 6.45) is -2.62. The van der Waals surface area contributed by atoms with Crippen molar-refractivity contribution in [3.8, 4) is 5.75 Å². The summed E-state index contributed by atoms with van der Waals surface area (Å²) in [5.74, 6) is -1.22. The van der Waals surface area contributed by atoms with Gasteiger partial charge in [-0.2, -0.15) is 4.72 Å². The molecule has 2 N–H and O–H groups in total. The number of carboxylic acid groups (broad SMARTS) is 1. The first-order chi connectivity index (χ1) is 8.81. The highest BCUT2D eigenvalue weighted by molar-refractivity contribution is 7.89. The molecule has 0 saturated heterocycles. The second-order valence-corrected chi connectivity index (χ2v) is 5.16. The van der Waals surface area contributed by atoms with E-state index in [4.69, 9.17) is 5.11 Å². The number of benzene rings is 1. The van der Waals surface area contributed by atoms with Crippen LogP contribution in [0, 0.1) is 0 Å². The van der Waals surface area contributed by atoms with Crippen LogP contribution in [0.25, 0.3) is 0 Å². The van der Waals surface area contributed by atoms with E-state index in [9.17, 15) is 22.0 Å². The minimum Gasteiger partial charge on any atom is -0.488 e. The van der Waals surface area contributed by atoms with Crippen LogP contribution in [0.5, 0.6) is 5.75 Å². The zero-order valence-electron chi connectivity index (χ0n) is 9.55. The van der Waals surface area contributed by atoms with E-state index >= 15 is 0 Å². The van der Waals surface area contributed by atoms with Gasteiger partial charge in [0.2, 0.25) is 10.0 Å². The lowest BCUT2D eigenvalue weighted by Crippen LogP contribution is -2.29. The topological polar surface area (TPSA) is 92.7 Å². The molecule has 1 aromatic carbocycles. The van der Waals surface area contributed by atoms with Crippen LogP contribution >= 0.6 is 0 Å². The third-order valence-electron chi connectivity index (χ3n) is 1.92. The van der Waals surface area contributed by atoms with E-state index in [2.05, 4.69) is 4.74 Å². The van der Waals surface area contributed by atoms with E-state index in [1.807, 2.05) is 4.72 Å². The predicted octanol–water partition coefficient (Wildman–Crippen LogP) is 0.693. The molecule has 0 aliphatic carbocycles. The minimum absolute atomic E-state index is 0.0949. The SMILES string of the molecule is O=C(O)CNS(=O)(=O)c1ccc(OCC(F)F)cc1. The van der Waals surface area contributed by atoms with Crippen LogP contribution in [0.4, 0.5) is 8.78 Å². The van der Waals surface area contributed by atoms with Gasteiger partial charge in [0.1, 0.15) is 18.9 Å². The van der Waals surface area contributed by atoms with Crippen molar-refractivity contribution in [2.75, 3.05) is 13.2 Å². The number of nitrogens with one attached hydrogen (secondary N) is 1. The van der Waals surface area contributed by atoms with Crippen molar-refractivity contribution in [1.82, 2.24) is 4.72 Å². The zero-order valence-corrected chi connectivity index (χ0v) is 10.4. The summed E-state index contributed by atoms with van der Waals surface area (Å²) in [6.45, 7) is -1.53. The fourth-order valence-corrected chi connectivity index (χ4v) is 2.09. The smallest absolute Gasteiger partial charge is 0.318 e. The largest absolute Gasteiger partial charge is 0.488 e. The Morgan fingerprint density at radius 3 is 2.37 bits per heavy atom. The van der Waals surface area contributed by atoms with E-state index < -0.39 is 35.6 Å². The Balaban J connectivity index is 2.72. The van der Waals surface area contributed by atoms with Gasteiger partial charge >= 0.3 is 5.97 Å². The second-order valence-electron chi connectivity index (χ2n) is 3.39. The average Bonchev–Trinajstić information content (AvgIpc) is 2.34. The van der Waals surface area contributed by atoms with E-state index in [1.165, 1.54) is 12.1 Å². The molecular formula is C10H11F2NO5S. The van der Waals surface area contributed by atoms with Crippen LogP contribution < -0.4 is 9.46 Å². The zero-order chi connectivity index (χ0) is 14.5. The van der Waals surface area contributed by atoms with Gasteiger partial charge in [0.05, 0.1) is 4.90 Å². The quantitative estimate of drug-likeness (QED) is 0.772. The number of rotatable bonds is 7.